The maximum absolute atomic E-state index is 12.5. The Morgan fingerprint density at radius 3 is 2.75 bits per heavy atom. The van der Waals surface area contributed by atoms with Gasteiger partial charge in [-0.1, -0.05) is 27.7 Å². The number of hydrogen-bond acceptors (Lipinski definition) is 6. The highest BCUT2D eigenvalue weighted by molar-refractivity contribution is 5.75. The smallest absolute Gasteiger partial charge is 0.285 e. The highest BCUT2D eigenvalue weighted by Gasteiger charge is 2.22. The fourth-order valence-corrected chi connectivity index (χ4v) is 3.55. The van der Waals surface area contributed by atoms with Gasteiger partial charge in [0.15, 0.2) is 0 Å². The third kappa shape index (κ3) is 5.63. The van der Waals surface area contributed by atoms with Crippen LogP contribution in [0.25, 0.3) is 0 Å². The van der Waals surface area contributed by atoms with Crippen LogP contribution in [0.5, 0.6) is 0 Å². The molecule has 0 bridgehead atoms. The molecule has 1 saturated heterocycles. The number of carbonyl (C=O) groups excluding carboxylic acids is 1. The number of rotatable bonds is 8. The Labute approximate surface area is 166 Å². The van der Waals surface area contributed by atoms with E-state index < -0.39 is 5.56 Å². The van der Waals surface area contributed by atoms with Gasteiger partial charge in [-0.15, -0.1) is 0 Å². The fraction of sp³-hybridized carbons (Fsp3) is 0.700. The van der Waals surface area contributed by atoms with Gasteiger partial charge in [-0.3, -0.25) is 14.5 Å². The summed E-state index contributed by atoms with van der Waals surface area (Å²) in [6.45, 7) is 11.7. The second kappa shape index (κ2) is 10.3. The van der Waals surface area contributed by atoms with E-state index in [-0.39, 0.29) is 24.1 Å². The number of nitriles is 1. The van der Waals surface area contributed by atoms with Crippen molar-refractivity contribution in [1.29, 1.82) is 5.26 Å². The first-order chi connectivity index (χ1) is 13.4. The predicted molar refractivity (Wildman–Crippen MR) is 106 cm³/mol. The molecule has 0 spiro atoms. The molecule has 0 saturated carbocycles. The number of morpholine rings is 1. The van der Waals surface area contributed by atoms with Crippen molar-refractivity contribution >= 4 is 5.91 Å². The molecule has 2 heterocycles. The first-order valence-electron chi connectivity index (χ1n) is 10.0. The molecule has 1 N–H and O–H groups in total. The minimum atomic E-state index is -0.510. The summed E-state index contributed by atoms with van der Waals surface area (Å²) >= 11 is 0. The monoisotopic (exact) mass is 389 g/mol. The molecule has 28 heavy (non-hydrogen) atoms. The Bertz CT molecular complexity index is 781. The summed E-state index contributed by atoms with van der Waals surface area (Å²) in [4.78, 5) is 27.2. The third-order valence-electron chi connectivity index (χ3n) is 4.81. The topological polar surface area (TPSA) is 100 Å². The highest BCUT2D eigenvalue weighted by atomic mass is 16.5. The number of carbonyl (C=O) groups is 1. The van der Waals surface area contributed by atoms with E-state index in [4.69, 9.17) is 4.74 Å². The van der Waals surface area contributed by atoms with E-state index in [0.717, 1.165) is 24.3 Å². The van der Waals surface area contributed by atoms with Crippen molar-refractivity contribution in [2.24, 2.45) is 5.92 Å². The Kier molecular flexibility index (Phi) is 8.15. The largest absolute Gasteiger partial charge is 0.374 e. The predicted octanol–water partition coefficient (Wildman–Crippen LogP) is 0.713. The number of nitrogens with zero attached hydrogens (tertiary/aromatic N) is 4. The van der Waals surface area contributed by atoms with Crippen molar-refractivity contribution in [3.63, 3.8) is 0 Å². The minimum absolute atomic E-state index is 0.0653. The lowest BCUT2D eigenvalue weighted by Gasteiger charge is -2.33. The van der Waals surface area contributed by atoms with Crippen LogP contribution in [0.1, 0.15) is 44.5 Å². The molecule has 1 aliphatic rings. The average Bonchev–Trinajstić information content (AvgIpc) is 2.67. The molecule has 1 aliphatic heterocycles. The zero-order chi connectivity index (χ0) is 20.7. The Hall–Kier alpha value is -2.24. The van der Waals surface area contributed by atoms with Crippen LogP contribution in [-0.4, -0.2) is 59.5 Å². The lowest BCUT2D eigenvalue weighted by Crippen LogP contribution is -2.49. The molecule has 1 aromatic rings. The molecule has 1 fully saturated rings. The van der Waals surface area contributed by atoms with E-state index in [9.17, 15) is 14.9 Å². The summed E-state index contributed by atoms with van der Waals surface area (Å²) in [7, 11) is 0. The fourth-order valence-electron chi connectivity index (χ4n) is 3.55. The first kappa shape index (κ1) is 22.1. The second-order valence-electron chi connectivity index (χ2n) is 7.53. The van der Waals surface area contributed by atoms with Gasteiger partial charge in [0, 0.05) is 26.2 Å². The quantitative estimate of drug-likeness (QED) is 0.703. The van der Waals surface area contributed by atoms with Crippen LogP contribution in [0.15, 0.2) is 4.79 Å². The number of hydrogen-bond donors (Lipinski definition) is 1. The van der Waals surface area contributed by atoms with Crippen LogP contribution in [0.2, 0.25) is 0 Å². The summed E-state index contributed by atoms with van der Waals surface area (Å²) < 4.78 is 6.83. The highest BCUT2D eigenvalue weighted by Crippen LogP contribution is 2.10. The van der Waals surface area contributed by atoms with Gasteiger partial charge in [0.25, 0.3) is 5.56 Å². The van der Waals surface area contributed by atoms with E-state index in [0.29, 0.717) is 43.2 Å². The number of amides is 1. The normalized spacial score (nSPS) is 17.5. The molecule has 1 unspecified atom stereocenters. The molecule has 1 aromatic heterocycles. The molecular formula is C20H31N5O3. The molecule has 0 aliphatic carbocycles. The van der Waals surface area contributed by atoms with E-state index in [2.05, 4.69) is 29.2 Å². The van der Waals surface area contributed by atoms with Crippen LogP contribution in [0.3, 0.4) is 0 Å². The zero-order valence-electron chi connectivity index (χ0n) is 17.3. The van der Waals surface area contributed by atoms with Gasteiger partial charge in [0.2, 0.25) is 5.91 Å². The van der Waals surface area contributed by atoms with Gasteiger partial charge in [-0.05, 0) is 24.3 Å². The maximum Gasteiger partial charge on any atom is 0.285 e. The van der Waals surface area contributed by atoms with Gasteiger partial charge in [-0.2, -0.15) is 10.4 Å². The van der Waals surface area contributed by atoms with Crippen molar-refractivity contribution in [3.05, 3.63) is 27.2 Å². The Balaban J connectivity index is 2.00. The molecule has 8 heteroatoms. The van der Waals surface area contributed by atoms with E-state index in [1.165, 1.54) is 0 Å². The van der Waals surface area contributed by atoms with E-state index in [1.54, 1.807) is 0 Å². The molecule has 2 rings (SSSR count). The van der Waals surface area contributed by atoms with Gasteiger partial charge >= 0.3 is 0 Å². The zero-order valence-corrected chi connectivity index (χ0v) is 17.3. The molecule has 1 amide bonds. The Morgan fingerprint density at radius 2 is 2.14 bits per heavy atom. The van der Waals surface area contributed by atoms with Gasteiger partial charge < -0.3 is 10.1 Å². The molecule has 8 nitrogen and oxygen atoms in total. The van der Waals surface area contributed by atoms with Gasteiger partial charge in [0.05, 0.1) is 18.4 Å². The molecule has 0 aromatic carbocycles. The summed E-state index contributed by atoms with van der Waals surface area (Å²) in [5.74, 6) is 0.272. The second-order valence-corrected chi connectivity index (χ2v) is 7.53. The molecular weight excluding hydrogens is 358 g/mol. The molecule has 0 radical (unpaired) electrons. The summed E-state index contributed by atoms with van der Waals surface area (Å²) in [6, 6.07) is 1.98. The van der Waals surface area contributed by atoms with Crippen LogP contribution in [-0.2, 0) is 28.9 Å². The van der Waals surface area contributed by atoms with Crippen LogP contribution >= 0.6 is 0 Å². The SMILES string of the molecule is CCc1nn(CC(=O)NCC2CN(CC(C)C)CCO2)c(=O)c(C#N)c1CC. The van der Waals surface area contributed by atoms with E-state index >= 15 is 0 Å². The molecule has 1 atom stereocenters. The number of aryl methyl sites for hydroxylation is 1. The standard InChI is InChI=1S/C20H31N5O3/c1-5-16-17(9-21)20(27)25(23-18(16)6-2)13-19(26)22-10-15-12-24(7-8-28-15)11-14(3)4/h14-15H,5-8,10-13H2,1-4H3,(H,22,26). The summed E-state index contributed by atoms with van der Waals surface area (Å²) in [5.41, 5.74) is 0.935. The van der Waals surface area contributed by atoms with E-state index in [1.807, 2.05) is 19.9 Å². The maximum atomic E-state index is 12.5. The first-order valence-corrected chi connectivity index (χ1v) is 10.0. The average molecular weight is 390 g/mol. The minimum Gasteiger partial charge on any atom is -0.374 e. The number of aromatic nitrogens is 2. The van der Waals surface area contributed by atoms with Crippen LogP contribution < -0.4 is 10.9 Å². The summed E-state index contributed by atoms with van der Waals surface area (Å²) in [6.07, 6.45) is 1.10. The lowest BCUT2D eigenvalue weighted by atomic mass is 10.0. The van der Waals surface area contributed by atoms with Crippen LogP contribution in [0, 0.1) is 17.2 Å². The van der Waals surface area contributed by atoms with Crippen molar-refractivity contribution in [1.82, 2.24) is 20.0 Å². The van der Waals surface area contributed by atoms with Crippen molar-refractivity contribution in [3.8, 4) is 6.07 Å². The summed E-state index contributed by atoms with van der Waals surface area (Å²) in [5, 5.41) is 16.5. The van der Waals surface area contributed by atoms with Crippen molar-refractivity contribution < 1.29 is 9.53 Å². The lowest BCUT2D eigenvalue weighted by molar-refractivity contribution is -0.123. The van der Waals surface area contributed by atoms with Crippen LogP contribution in [0.4, 0.5) is 0 Å². The Morgan fingerprint density at radius 1 is 1.39 bits per heavy atom. The van der Waals surface area contributed by atoms with Gasteiger partial charge in [-0.25, -0.2) is 4.68 Å². The van der Waals surface area contributed by atoms with Gasteiger partial charge in [0.1, 0.15) is 18.2 Å². The number of ether oxygens (including phenoxy) is 1. The van der Waals surface area contributed by atoms with Crippen molar-refractivity contribution in [2.45, 2.75) is 53.2 Å². The molecule has 154 valence electrons. The number of nitrogens with one attached hydrogen (secondary N) is 1. The van der Waals surface area contributed by atoms with Crippen molar-refractivity contribution in [2.75, 3.05) is 32.8 Å². The third-order valence-corrected chi connectivity index (χ3v) is 4.81.